The Morgan fingerprint density at radius 1 is 0.969 bits per heavy atom. The molecule has 0 bridgehead atoms. The van der Waals surface area contributed by atoms with Crippen molar-refractivity contribution in [2.75, 3.05) is 45.2 Å². The molecule has 176 valence electrons. The van der Waals surface area contributed by atoms with Crippen LogP contribution in [-0.4, -0.2) is 51.1 Å². The zero-order valence-electron chi connectivity index (χ0n) is 18.0. The Kier molecular flexibility index (Phi) is 9.56. The Hall–Kier alpha value is -2.08. The van der Waals surface area contributed by atoms with Gasteiger partial charge in [0.25, 0.3) is 0 Å². The van der Waals surface area contributed by atoms with E-state index < -0.39 is 11.7 Å². The van der Waals surface area contributed by atoms with E-state index >= 15 is 0 Å². The molecule has 2 N–H and O–H groups in total. The van der Waals surface area contributed by atoms with E-state index in [1.807, 2.05) is 7.05 Å². The Bertz CT molecular complexity index is 894. The molecule has 2 aromatic rings. The summed E-state index contributed by atoms with van der Waals surface area (Å²) in [7, 11) is 3.62. The van der Waals surface area contributed by atoms with Crippen molar-refractivity contribution in [3.8, 4) is 0 Å². The van der Waals surface area contributed by atoms with Crippen molar-refractivity contribution in [1.82, 2.24) is 15.5 Å². The van der Waals surface area contributed by atoms with Crippen LogP contribution in [0, 0.1) is 5.82 Å². The van der Waals surface area contributed by atoms with Gasteiger partial charge in [0.1, 0.15) is 5.82 Å². The standard InChI is InChI=1S/C22H27F4N5.HI/c1-27-21(28-14-16-3-6-19(23)7-4-16)29-15-17-13-18(22(24,25)26)5-8-20(17)31-11-9-30(2)10-12-31;/h3-8,13H,9-12,14-15H2,1-2H3,(H2,27,28,29);1H. The SMILES string of the molecule is CN=C(NCc1ccc(F)cc1)NCc1cc(C(F)(F)F)ccc1N1CCN(C)CC1.I. The molecule has 0 amide bonds. The van der Waals surface area contributed by atoms with Crippen molar-refractivity contribution in [2.24, 2.45) is 4.99 Å². The van der Waals surface area contributed by atoms with Gasteiger partial charge < -0.3 is 20.4 Å². The maximum atomic E-state index is 13.3. The van der Waals surface area contributed by atoms with Gasteiger partial charge in [-0.05, 0) is 48.5 Å². The third-order valence-electron chi connectivity index (χ3n) is 5.29. The van der Waals surface area contributed by atoms with Gasteiger partial charge in [0.05, 0.1) is 5.56 Å². The van der Waals surface area contributed by atoms with Gasteiger partial charge in [0.15, 0.2) is 5.96 Å². The molecular formula is C22H28F4IN5. The van der Waals surface area contributed by atoms with E-state index in [0.29, 0.717) is 18.1 Å². The van der Waals surface area contributed by atoms with Crippen LogP contribution in [0.1, 0.15) is 16.7 Å². The number of likely N-dealkylation sites (N-methyl/N-ethyl adjacent to an activating group) is 1. The summed E-state index contributed by atoms with van der Waals surface area (Å²) in [5.74, 6) is 0.137. The highest BCUT2D eigenvalue weighted by Gasteiger charge is 2.31. The van der Waals surface area contributed by atoms with Crippen molar-refractivity contribution in [3.05, 3.63) is 65.0 Å². The fourth-order valence-electron chi connectivity index (χ4n) is 3.45. The van der Waals surface area contributed by atoms with Crippen molar-refractivity contribution in [2.45, 2.75) is 19.3 Å². The molecule has 1 aliphatic heterocycles. The third kappa shape index (κ3) is 7.22. The number of anilines is 1. The summed E-state index contributed by atoms with van der Waals surface area (Å²) in [4.78, 5) is 8.45. The lowest BCUT2D eigenvalue weighted by molar-refractivity contribution is -0.137. The predicted octanol–water partition coefficient (Wildman–Crippen LogP) is 4.08. The molecule has 0 unspecified atom stereocenters. The Labute approximate surface area is 202 Å². The lowest BCUT2D eigenvalue weighted by Crippen LogP contribution is -2.45. The normalized spacial score (nSPS) is 15.3. The van der Waals surface area contributed by atoms with E-state index in [1.54, 1.807) is 25.2 Å². The minimum absolute atomic E-state index is 0. The summed E-state index contributed by atoms with van der Waals surface area (Å²) in [5.41, 5.74) is 1.55. The van der Waals surface area contributed by atoms with Gasteiger partial charge in [-0.25, -0.2) is 4.39 Å². The number of aliphatic imine (C=N–C) groups is 1. The Morgan fingerprint density at radius 2 is 1.59 bits per heavy atom. The largest absolute Gasteiger partial charge is 0.416 e. The fourth-order valence-corrected chi connectivity index (χ4v) is 3.45. The number of rotatable bonds is 5. The topological polar surface area (TPSA) is 42.9 Å². The fraction of sp³-hybridized carbons (Fsp3) is 0.409. The first-order valence-electron chi connectivity index (χ1n) is 10.1. The monoisotopic (exact) mass is 565 g/mol. The maximum absolute atomic E-state index is 13.3. The van der Waals surface area contributed by atoms with Crippen LogP contribution in [-0.2, 0) is 19.3 Å². The molecule has 1 fully saturated rings. The second-order valence-corrected chi connectivity index (χ2v) is 7.54. The van der Waals surface area contributed by atoms with Crippen molar-refractivity contribution < 1.29 is 17.6 Å². The van der Waals surface area contributed by atoms with Gasteiger partial charge in [0.2, 0.25) is 0 Å². The molecule has 1 aliphatic rings. The molecule has 2 aromatic carbocycles. The highest BCUT2D eigenvalue weighted by molar-refractivity contribution is 14.0. The summed E-state index contributed by atoms with van der Waals surface area (Å²) < 4.78 is 52.9. The van der Waals surface area contributed by atoms with Gasteiger partial charge >= 0.3 is 6.18 Å². The average Bonchev–Trinajstić information content (AvgIpc) is 2.75. The minimum Gasteiger partial charge on any atom is -0.369 e. The first kappa shape index (κ1) is 26.2. The van der Waals surface area contributed by atoms with Crippen LogP contribution in [0.4, 0.5) is 23.2 Å². The van der Waals surface area contributed by atoms with Gasteiger partial charge in [-0.2, -0.15) is 13.2 Å². The zero-order valence-corrected chi connectivity index (χ0v) is 20.4. The van der Waals surface area contributed by atoms with E-state index in [0.717, 1.165) is 43.5 Å². The van der Waals surface area contributed by atoms with Gasteiger partial charge in [-0.3, -0.25) is 4.99 Å². The molecule has 32 heavy (non-hydrogen) atoms. The van der Waals surface area contributed by atoms with Crippen LogP contribution in [0.15, 0.2) is 47.5 Å². The van der Waals surface area contributed by atoms with Crippen LogP contribution in [0.3, 0.4) is 0 Å². The van der Waals surface area contributed by atoms with E-state index in [4.69, 9.17) is 0 Å². The summed E-state index contributed by atoms with van der Waals surface area (Å²) in [6.45, 7) is 3.82. The summed E-state index contributed by atoms with van der Waals surface area (Å²) in [5, 5.41) is 6.19. The molecule has 0 saturated carbocycles. The first-order valence-corrected chi connectivity index (χ1v) is 10.1. The number of piperazine rings is 1. The molecule has 10 heteroatoms. The van der Waals surface area contributed by atoms with Gasteiger partial charge in [0, 0.05) is 52.0 Å². The van der Waals surface area contributed by atoms with E-state index in [1.165, 1.54) is 18.2 Å². The molecule has 1 saturated heterocycles. The van der Waals surface area contributed by atoms with Crippen LogP contribution >= 0.6 is 24.0 Å². The van der Waals surface area contributed by atoms with Crippen molar-refractivity contribution in [3.63, 3.8) is 0 Å². The van der Waals surface area contributed by atoms with Crippen LogP contribution < -0.4 is 15.5 Å². The average molecular weight is 565 g/mol. The highest BCUT2D eigenvalue weighted by Crippen LogP contribution is 2.33. The lowest BCUT2D eigenvalue weighted by atomic mass is 10.1. The van der Waals surface area contributed by atoms with Crippen molar-refractivity contribution in [1.29, 1.82) is 0 Å². The van der Waals surface area contributed by atoms with Gasteiger partial charge in [-0.15, -0.1) is 24.0 Å². The molecule has 3 rings (SSSR count). The minimum atomic E-state index is -4.40. The zero-order chi connectivity index (χ0) is 22.4. The van der Waals surface area contributed by atoms with E-state index in [9.17, 15) is 17.6 Å². The number of benzene rings is 2. The summed E-state index contributed by atoms with van der Waals surface area (Å²) >= 11 is 0. The number of nitrogens with one attached hydrogen (secondary N) is 2. The van der Waals surface area contributed by atoms with Gasteiger partial charge in [-0.1, -0.05) is 12.1 Å². The number of nitrogens with zero attached hydrogens (tertiary/aromatic N) is 3. The Morgan fingerprint density at radius 3 is 2.19 bits per heavy atom. The molecule has 0 radical (unpaired) electrons. The third-order valence-corrected chi connectivity index (χ3v) is 5.29. The number of halogens is 5. The van der Waals surface area contributed by atoms with Crippen molar-refractivity contribution >= 4 is 35.6 Å². The molecule has 5 nitrogen and oxygen atoms in total. The number of alkyl halides is 3. The molecule has 0 aromatic heterocycles. The summed E-state index contributed by atoms with van der Waals surface area (Å²) in [6, 6.07) is 9.96. The van der Waals surface area contributed by atoms with E-state index in [2.05, 4.69) is 25.4 Å². The van der Waals surface area contributed by atoms with Crippen LogP contribution in [0.5, 0.6) is 0 Å². The highest BCUT2D eigenvalue weighted by atomic mass is 127. The Balaban J connectivity index is 0.00000363. The molecule has 0 aliphatic carbocycles. The number of hydrogen-bond acceptors (Lipinski definition) is 3. The van der Waals surface area contributed by atoms with E-state index in [-0.39, 0.29) is 36.3 Å². The smallest absolute Gasteiger partial charge is 0.369 e. The molecule has 0 atom stereocenters. The second-order valence-electron chi connectivity index (χ2n) is 7.54. The second kappa shape index (κ2) is 11.7. The molecular weight excluding hydrogens is 537 g/mol. The number of hydrogen-bond donors (Lipinski definition) is 2. The van der Waals surface area contributed by atoms with Crippen LogP contribution in [0.25, 0.3) is 0 Å². The van der Waals surface area contributed by atoms with Crippen LogP contribution in [0.2, 0.25) is 0 Å². The molecule has 0 spiro atoms. The predicted molar refractivity (Wildman–Crippen MR) is 130 cm³/mol. The number of guanidine groups is 1. The maximum Gasteiger partial charge on any atom is 0.416 e. The quantitative estimate of drug-likeness (QED) is 0.248. The lowest BCUT2D eigenvalue weighted by Gasteiger charge is -2.35. The molecule has 1 heterocycles. The first-order chi connectivity index (χ1) is 14.8. The summed E-state index contributed by atoms with van der Waals surface area (Å²) in [6.07, 6.45) is -4.40.